The van der Waals surface area contributed by atoms with Gasteiger partial charge in [-0.3, -0.25) is 15.6 Å². The molecule has 2 aromatic rings. The van der Waals surface area contributed by atoms with Gasteiger partial charge >= 0.3 is 0 Å². The summed E-state index contributed by atoms with van der Waals surface area (Å²) in [5.41, 5.74) is 6.36. The van der Waals surface area contributed by atoms with E-state index in [4.69, 9.17) is 47.0 Å². The average molecular weight is 453 g/mol. The second-order valence-corrected chi connectivity index (χ2v) is 7.62. The summed E-state index contributed by atoms with van der Waals surface area (Å²) in [6, 6.07) is 9.07. The van der Waals surface area contributed by atoms with Crippen LogP contribution in [0.15, 0.2) is 36.4 Å². The minimum Gasteiger partial charge on any atom is -0.330 e. The number of amides is 1. The van der Waals surface area contributed by atoms with Gasteiger partial charge in [0.2, 0.25) is 5.91 Å². The predicted molar refractivity (Wildman–Crippen MR) is 112 cm³/mol. The molecule has 0 fully saturated rings. The minimum atomic E-state index is -0.396. The maximum Gasteiger partial charge on any atom is 0.248 e. The van der Waals surface area contributed by atoms with E-state index in [9.17, 15) is 9.18 Å². The molecule has 0 unspecified atom stereocenters. The lowest BCUT2D eigenvalue weighted by atomic mass is 10.2. The average Bonchev–Trinajstić information content (AvgIpc) is 2.57. The van der Waals surface area contributed by atoms with Gasteiger partial charge in [0.05, 0.1) is 16.5 Å². The van der Waals surface area contributed by atoms with Crippen molar-refractivity contribution in [1.29, 1.82) is 0 Å². The maximum absolute atomic E-state index is 13.0. The Labute approximate surface area is 174 Å². The molecule has 2 rings (SSSR count). The van der Waals surface area contributed by atoms with E-state index < -0.39 is 5.82 Å². The third-order valence-corrected chi connectivity index (χ3v) is 5.09. The van der Waals surface area contributed by atoms with Crippen LogP contribution in [0.4, 0.5) is 10.1 Å². The van der Waals surface area contributed by atoms with Crippen molar-refractivity contribution in [3.63, 3.8) is 0 Å². The van der Waals surface area contributed by atoms with Crippen LogP contribution in [0, 0.1) is 5.82 Å². The topological polar surface area (TPSA) is 53.2 Å². The Morgan fingerprint density at radius 2 is 1.85 bits per heavy atom. The number of carbonyl (C=O) groups excluding carboxylic acids is 1. The van der Waals surface area contributed by atoms with Gasteiger partial charge in [0.25, 0.3) is 0 Å². The molecule has 0 aliphatic heterocycles. The van der Waals surface area contributed by atoms with Crippen molar-refractivity contribution < 1.29 is 9.18 Å². The zero-order chi connectivity index (χ0) is 19.1. The van der Waals surface area contributed by atoms with Crippen LogP contribution in [0.1, 0.15) is 5.56 Å². The Bertz CT molecular complexity index is 823. The Morgan fingerprint density at radius 3 is 2.54 bits per heavy atom. The quantitative estimate of drug-likeness (QED) is 0.438. The van der Waals surface area contributed by atoms with Gasteiger partial charge in [-0.15, -0.1) is 11.8 Å². The van der Waals surface area contributed by atoms with E-state index in [2.05, 4.69) is 16.2 Å². The first-order valence-electron chi connectivity index (χ1n) is 7.17. The monoisotopic (exact) mass is 451 g/mol. The molecule has 0 saturated heterocycles. The van der Waals surface area contributed by atoms with Crippen LogP contribution in [-0.2, 0) is 10.5 Å². The molecule has 0 saturated carbocycles. The highest BCUT2D eigenvalue weighted by molar-refractivity contribution is 7.99. The van der Waals surface area contributed by atoms with Crippen LogP contribution >= 0.6 is 58.8 Å². The van der Waals surface area contributed by atoms with E-state index in [0.717, 1.165) is 5.56 Å². The Morgan fingerprint density at radius 1 is 1.08 bits per heavy atom. The number of benzene rings is 2. The predicted octanol–water partition coefficient (Wildman–Crippen LogP) is 5.04. The fourth-order valence-electron chi connectivity index (χ4n) is 1.80. The molecule has 138 valence electrons. The van der Waals surface area contributed by atoms with Crippen LogP contribution in [-0.4, -0.2) is 16.8 Å². The molecule has 26 heavy (non-hydrogen) atoms. The molecular weight excluding hydrogens is 440 g/mol. The second kappa shape index (κ2) is 10.2. The molecule has 4 nitrogen and oxygen atoms in total. The highest BCUT2D eigenvalue weighted by Gasteiger charge is 2.07. The van der Waals surface area contributed by atoms with Crippen LogP contribution in [0.25, 0.3) is 0 Å². The lowest BCUT2D eigenvalue weighted by Crippen LogP contribution is -2.44. The number of nitrogens with one attached hydrogen (secondary N) is 3. The summed E-state index contributed by atoms with van der Waals surface area (Å²) in [5.74, 6) is -0.0206. The van der Waals surface area contributed by atoms with Crippen molar-refractivity contribution in [1.82, 2.24) is 10.9 Å². The van der Waals surface area contributed by atoms with Gasteiger partial charge in [0.15, 0.2) is 5.11 Å². The second-order valence-electron chi connectivity index (χ2n) is 4.98. The number of thiocarbonyl (C=S) groups is 1. The van der Waals surface area contributed by atoms with Crippen molar-refractivity contribution in [2.24, 2.45) is 0 Å². The van der Waals surface area contributed by atoms with Crippen molar-refractivity contribution in [3.05, 3.63) is 62.8 Å². The number of rotatable bonds is 5. The zero-order valence-corrected chi connectivity index (χ0v) is 17.0. The van der Waals surface area contributed by atoms with Gasteiger partial charge in [-0.05, 0) is 48.1 Å². The molecule has 0 aliphatic carbocycles. The van der Waals surface area contributed by atoms with Gasteiger partial charge in [-0.2, -0.15) is 0 Å². The molecule has 0 heterocycles. The van der Waals surface area contributed by atoms with Crippen LogP contribution in [0.3, 0.4) is 0 Å². The molecule has 0 radical (unpaired) electrons. The first-order chi connectivity index (χ1) is 12.3. The van der Waals surface area contributed by atoms with Crippen LogP contribution in [0.5, 0.6) is 0 Å². The molecule has 2 aromatic carbocycles. The summed E-state index contributed by atoms with van der Waals surface area (Å²) in [5, 5.41) is 4.26. The summed E-state index contributed by atoms with van der Waals surface area (Å²) < 4.78 is 13.0. The summed E-state index contributed by atoms with van der Waals surface area (Å²) in [4.78, 5) is 11.8. The van der Waals surface area contributed by atoms with E-state index >= 15 is 0 Å². The largest absolute Gasteiger partial charge is 0.330 e. The highest BCUT2D eigenvalue weighted by Crippen LogP contribution is 2.25. The zero-order valence-electron chi connectivity index (χ0n) is 13.1. The van der Waals surface area contributed by atoms with Crippen LogP contribution < -0.4 is 16.2 Å². The fourth-order valence-corrected chi connectivity index (χ4v) is 3.56. The van der Waals surface area contributed by atoms with E-state index in [1.54, 1.807) is 24.3 Å². The molecule has 10 heteroatoms. The van der Waals surface area contributed by atoms with Crippen molar-refractivity contribution >= 4 is 75.5 Å². The van der Waals surface area contributed by atoms with Crippen molar-refractivity contribution in [2.75, 3.05) is 11.1 Å². The summed E-state index contributed by atoms with van der Waals surface area (Å²) in [6.07, 6.45) is 0. The van der Waals surface area contributed by atoms with Gasteiger partial charge < -0.3 is 5.32 Å². The van der Waals surface area contributed by atoms with Crippen molar-refractivity contribution in [3.8, 4) is 0 Å². The first-order valence-corrected chi connectivity index (χ1v) is 9.87. The first kappa shape index (κ1) is 21.1. The molecule has 0 aliphatic rings. The smallest absolute Gasteiger partial charge is 0.248 e. The molecule has 1 amide bonds. The van der Waals surface area contributed by atoms with Gasteiger partial charge in [0, 0.05) is 15.8 Å². The van der Waals surface area contributed by atoms with Crippen molar-refractivity contribution in [2.45, 2.75) is 5.75 Å². The van der Waals surface area contributed by atoms with E-state index in [1.165, 1.54) is 23.9 Å². The molecule has 0 bridgehead atoms. The summed E-state index contributed by atoms with van der Waals surface area (Å²) >= 11 is 24.2. The van der Waals surface area contributed by atoms with E-state index in [0.29, 0.717) is 26.5 Å². The number of hydrogen-bond acceptors (Lipinski definition) is 3. The number of carbonyl (C=O) groups is 1. The third kappa shape index (κ3) is 6.81. The SMILES string of the molecule is O=C(CSCc1ccc(F)cc1Cl)NNC(=S)Nc1ccc(Cl)cc1Cl. The van der Waals surface area contributed by atoms with E-state index in [-0.39, 0.29) is 16.8 Å². The normalized spacial score (nSPS) is 10.3. The molecule has 0 aromatic heterocycles. The van der Waals surface area contributed by atoms with Gasteiger partial charge in [-0.1, -0.05) is 40.9 Å². The lowest BCUT2D eigenvalue weighted by molar-refractivity contribution is -0.119. The minimum absolute atomic E-state index is 0.172. The highest BCUT2D eigenvalue weighted by atomic mass is 35.5. The van der Waals surface area contributed by atoms with Crippen LogP contribution in [0.2, 0.25) is 15.1 Å². The molecule has 0 spiro atoms. The number of hydrogen-bond donors (Lipinski definition) is 3. The fraction of sp³-hybridized carbons (Fsp3) is 0.125. The number of hydrazine groups is 1. The lowest BCUT2D eigenvalue weighted by Gasteiger charge is -2.12. The van der Waals surface area contributed by atoms with Gasteiger partial charge in [-0.25, -0.2) is 4.39 Å². The molecule has 3 N–H and O–H groups in total. The van der Waals surface area contributed by atoms with E-state index in [1.807, 2.05) is 0 Å². The summed E-state index contributed by atoms with van der Waals surface area (Å²) in [6.45, 7) is 0. The Hall–Kier alpha value is -1.25. The van der Waals surface area contributed by atoms with Gasteiger partial charge in [0.1, 0.15) is 5.82 Å². The number of halogens is 4. The standard InChI is InChI=1S/C16H13Cl3FN3OS2/c17-10-2-4-14(13(19)5-10)21-16(25)23-22-15(24)8-26-7-9-1-3-11(20)6-12(9)18/h1-6H,7-8H2,(H,22,24)(H2,21,23,25). The Balaban J connectivity index is 1.71. The number of thioether (sulfide) groups is 1. The third-order valence-electron chi connectivity index (χ3n) is 3.00. The summed E-state index contributed by atoms with van der Waals surface area (Å²) in [7, 11) is 0. The Kier molecular flexibility index (Phi) is 8.24. The molecule has 0 atom stereocenters. The molecular formula is C16H13Cl3FN3OS2. The number of anilines is 1. The maximum atomic E-state index is 13.0.